The molecule has 1 aliphatic carbocycles. The number of aromatic nitrogens is 1. The predicted octanol–water partition coefficient (Wildman–Crippen LogP) is 2.13. The minimum absolute atomic E-state index is 0.270. The van der Waals surface area contributed by atoms with Crippen LogP contribution in [0.3, 0.4) is 0 Å². The first-order valence-corrected chi connectivity index (χ1v) is 7.76. The van der Waals surface area contributed by atoms with Crippen LogP contribution in [0.5, 0.6) is 0 Å². The number of rotatable bonds is 3. The highest BCUT2D eigenvalue weighted by atomic mass is 16.1. The number of anilines is 1. The third-order valence-corrected chi connectivity index (χ3v) is 5.01. The number of carbonyl (C=O) groups excluding carboxylic acids is 1. The molecule has 1 saturated carbocycles. The van der Waals surface area contributed by atoms with Crippen molar-refractivity contribution in [1.82, 2.24) is 4.98 Å². The fourth-order valence-electron chi connectivity index (χ4n) is 3.86. The Morgan fingerprint density at radius 1 is 1.15 bits per heavy atom. The molecule has 1 aromatic rings. The van der Waals surface area contributed by atoms with E-state index in [-0.39, 0.29) is 11.7 Å². The fraction of sp³-hybridized carbons (Fsp3) is 0.625. The molecule has 4 rings (SSSR count). The van der Waals surface area contributed by atoms with Crippen LogP contribution in [0.25, 0.3) is 0 Å². The van der Waals surface area contributed by atoms with Crippen molar-refractivity contribution in [2.45, 2.75) is 56.7 Å². The minimum Gasteiger partial charge on any atom is -0.351 e. The van der Waals surface area contributed by atoms with Gasteiger partial charge in [-0.1, -0.05) is 0 Å². The van der Waals surface area contributed by atoms with Crippen LogP contribution in [-0.2, 0) is 0 Å². The van der Waals surface area contributed by atoms with Crippen molar-refractivity contribution in [3.05, 3.63) is 23.9 Å². The maximum Gasteiger partial charge on any atom is 0.167 e. The highest BCUT2D eigenvalue weighted by Gasteiger charge is 2.40. The van der Waals surface area contributed by atoms with Crippen LogP contribution >= 0.6 is 0 Å². The van der Waals surface area contributed by atoms with Crippen molar-refractivity contribution in [2.75, 3.05) is 4.90 Å². The summed E-state index contributed by atoms with van der Waals surface area (Å²) in [5.74, 6) is 1.57. The summed E-state index contributed by atoms with van der Waals surface area (Å²) in [4.78, 5) is 19.0. The van der Waals surface area contributed by atoms with Gasteiger partial charge in [0.05, 0.1) is 0 Å². The summed E-state index contributed by atoms with van der Waals surface area (Å²) >= 11 is 0. The summed E-state index contributed by atoms with van der Waals surface area (Å²) in [6, 6.07) is 5.41. The van der Waals surface area contributed by atoms with Crippen molar-refractivity contribution < 1.29 is 4.79 Å². The SMILES string of the molecule is NC1C[C@H]2CC[C@@H](C1)N2c1ccc(C(=O)C2CC2)cn1. The maximum atomic E-state index is 12.0. The van der Waals surface area contributed by atoms with E-state index in [2.05, 4.69) is 9.88 Å². The van der Waals surface area contributed by atoms with Gasteiger partial charge >= 0.3 is 0 Å². The Hall–Kier alpha value is -1.42. The highest BCUT2D eigenvalue weighted by Crippen LogP contribution is 2.38. The molecule has 3 aliphatic rings. The third-order valence-electron chi connectivity index (χ3n) is 5.01. The third kappa shape index (κ3) is 2.03. The van der Waals surface area contributed by atoms with Crippen LogP contribution in [0.15, 0.2) is 18.3 Å². The molecule has 4 heteroatoms. The molecule has 0 radical (unpaired) electrons. The molecule has 2 bridgehead atoms. The summed E-state index contributed by atoms with van der Waals surface area (Å²) in [6.45, 7) is 0. The number of pyridine rings is 1. The number of nitrogens with two attached hydrogens (primary N) is 1. The first kappa shape index (κ1) is 12.3. The van der Waals surface area contributed by atoms with Crippen molar-refractivity contribution in [3.8, 4) is 0 Å². The second-order valence-electron chi connectivity index (χ2n) is 6.57. The standard InChI is InChI=1S/C16H21N3O/c17-12-7-13-4-5-14(8-12)19(13)15-6-3-11(9-18-15)16(20)10-1-2-10/h3,6,9-10,12-14H,1-2,4-5,7-8,17H2/t12?,13-,14+. The van der Waals surface area contributed by atoms with Crippen molar-refractivity contribution >= 4 is 11.6 Å². The van der Waals surface area contributed by atoms with Gasteiger partial charge in [-0.25, -0.2) is 4.98 Å². The molecule has 1 aromatic heterocycles. The average molecular weight is 271 g/mol. The van der Waals surface area contributed by atoms with Crippen LogP contribution in [0, 0.1) is 5.92 Å². The van der Waals surface area contributed by atoms with E-state index in [9.17, 15) is 4.79 Å². The Morgan fingerprint density at radius 2 is 1.85 bits per heavy atom. The lowest BCUT2D eigenvalue weighted by atomic mass is 9.98. The molecular formula is C16H21N3O. The van der Waals surface area contributed by atoms with Crippen LogP contribution in [0.2, 0.25) is 0 Å². The van der Waals surface area contributed by atoms with Crippen LogP contribution in [-0.4, -0.2) is 28.9 Å². The molecular weight excluding hydrogens is 250 g/mol. The molecule has 20 heavy (non-hydrogen) atoms. The number of piperidine rings is 1. The van der Waals surface area contributed by atoms with Gasteiger partial charge in [-0.05, 0) is 50.7 Å². The van der Waals surface area contributed by atoms with Gasteiger partial charge in [0, 0.05) is 35.8 Å². The second kappa shape index (κ2) is 4.55. The molecule has 2 N–H and O–H groups in total. The zero-order chi connectivity index (χ0) is 13.7. The average Bonchev–Trinajstić information content (AvgIpc) is 3.25. The normalized spacial score (nSPS) is 32.5. The fourth-order valence-corrected chi connectivity index (χ4v) is 3.86. The molecule has 3 fully saturated rings. The van der Waals surface area contributed by atoms with Gasteiger partial charge in [0.1, 0.15) is 5.82 Å². The summed E-state index contributed by atoms with van der Waals surface area (Å²) in [7, 11) is 0. The van der Waals surface area contributed by atoms with Gasteiger partial charge in [-0.3, -0.25) is 4.79 Å². The van der Waals surface area contributed by atoms with E-state index in [1.165, 1.54) is 12.8 Å². The van der Waals surface area contributed by atoms with Crippen LogP contribution in [0.4, 0.5) is 5.82 Å². The number of ketones is 1. The number of nitrogens with zero attached hydrogens (tertiary/aromatic N) is 2. The minimum atomic E-state index is 0.270. The smallest absolute Gasteiger partial charge is 0.167 e. The van der Waals surface area contributed by atoms with E-state index >= 15 is 0 Å². The van der Waals surface area contributed by atoms with Gasteiger partial charge in [-0.15, -0.1) is 0 Å². The number of fused-ring (bicyclic) bond motifs is 2. The Balaban J connectivity index is 1.55. The number of hydrogen-bond donors (Lipinski definition) is 1. The predicted molar refractivity (Wildman–Crippen MR) is 77.8 cm³/mol. The number of hydrogen-bond acceptors (Lipinski definition) is 4. The molecule has 3 atom stereocenters. The Bertz CT molecular complexity index is 509. The maximum absolute atomic E-state index is 12.0. The Kier molecular flexibility index (Phi) is 2.81. The van der Waals surface area contributed by atoms with E-state index in [0.717, 1.165) is 37.1 Å². The largest absolute Gasteiger partial charge is 0.351 e. The quantitative estimate of drug-likeness (QED) is 0.856. The zero-order valence-electron chi connectivity index (χ0n) is 11.7. The van der Waals surface area contributed by atoms with E-state index in [1.54, 1.807) is 6.20 Å². The van der Waals surface area contributed by atoms with Gasteiger partial charge < -0.3 is 10.6 Å². The lowest BCUT2D eigenvalue weighted by Crippen LogP contribution is -2.47. The summed E-state index contributed by atoms with van der Waals surface area (Å²) in [5.41, 5.74) is 6.88. The highest BCUT2D eigenvalue weighted by molar-refractivity contribution is 5.99. The molecule has 0 amide bonds. The van der Waals surface area contributed by atoms with Crippen molar-refractivity contribution in [3.63, 3.8) is 0 Å². The summed E-state index contributed by atoms with van der Waals surface area (Å²) < 4.78 is 0. The van der Waals surface area contributed by atoms with Gasteiger partial charge in [0.15, 0.2) is 5.78 Å². The summed E-state index contributed by atoms with van der Waals surface area (Å²) in [5, 5.41) is 0. The van der Waals surface area contributed by atoms with Crippen molar-refractivity contribution in [1.29, 1.82) is 0 Å². The van der Waals surface area contributed by atoms with Gasteiger partial charge in [-0.2, -0.15) is 0 Å². The Morgan fingerprint density at radius 3 is 2.40 bits per heavy atom. The monoisotopic (exact) mass is 271 g/mol. The first-order valence-electron chi connectivity index (χ1n) is 7.76. The molecule has 3 heterocycles. The number of carbonyl (C=O) groups is 1. The van der Waals surface area contributed by atoms with Crippen LogP contribution in [0.1, 0.15) is 48.9 Å². The summed E-state index contributed by atoms with van der Waals surface area (Å²) in [6.07, 6.45) is 8.46. The first-order chi connectivity index (χ1) is 9.72. The van der Waals surface area contributed by atoms with E-state index < -0.39 is 0 Å². The van der Waals surface area contributed by atoms with E-state index in [1.807, 2.05) is 12.1 Å². The Labute approximate surface area is 119 Å². The molecule has 0 spiro atoms. The van der Waals surface area contributed by atoms with Crippen LogP contribution < -0.4 is 10.6 Å². The van der Waals surface area contributed by atoms with E-state index in [4.69, 9.17) is 5.73 Å². The zero-order valence-corrected chi connectivity index (χ0v) is 11.7. The van der Waals surface area contributed by atoms with Crippen molar-refractivity contribution in [2.24, 2.45) is 11.7 Å². The molecule has 106 valence electrons. The lowest BCUT2D eigenvalue weighted by Gasteiger charge is -2.38. The lowest BCUT2D eigenvalue weighted by molar-refractivity contribution is 0.0967. The molecule has 2 aliphatic heterocycles. The topological polar surface area (TPSA) is 59.2 Å². The number of Topliss-reactive ketones (excluding diaryl/α,β-unsaturated/α-hetero) is 1. The van der Waals surface area contributed by atoms with E-state index in [0.29, 0.717) is 18.1 Å². The second-order valence-corrected chi connectivity index (χ2v) is 6.57. The van der Waals surface area contributed by atoms with Gasteiger partial charge in [0.2, 0.25) is 0 Å². The molecule has 4 nitrogen and oxygen atoms in total. The molecule has 2 saturated heterocycles. The molecule has 1 unspecified atom stereocenters. The van der Waals surface area contributed by atoms with Gasteiger partial charge in [0.25, 0.3) is 0 Å². The molecule has 0 aromatic carbocycles.